The zero-order chi connectivity index (χ0) is 39.7. The van der Waals surface area contributed by atoms with E-state index in [9.17, 15) is 14.3 Å². The molecule has 0 radical (unpaired) electrons. The summed E-state index contributed by atoms with van der Waals surface area (Å²) in [5, 5.41) is 13.3. The van der Waals surface area contributed by atoms with E-state index in [0.717, 1.165) is 20.7 Å². The number of halogens is 2. The minimum atomic E-state index is -2.94. The molecule has 0 amide bonds. The minimum absolute atomic E-state index is 0.129. The number of ether oxygens (including phenoxy) is 1. The van der Waals surface area contributed by atoms with Crippen molar-refractivity contribution in [1.29, 1.82) is 0 Å². The molecule has 0 heterocycles. The molecule has 4 aromatic carbocycles. The highest BCUT2D eigenvalue weighted by molar-refractivity contribution is 7.00. The highest BCUT2D eigenvalue weighted by atomic mass is 28.4. The highest BCUT2D eigenvalue weighted by Crippen LogP contribution is 2.40. The number of carbonyl (C=O) groups excluding carboxylic acids is 1. The summed E-state index contributed by atoms with van der Waals surface area (Å²) in [6, 6.07) is 40.2. The van der Waals surface area contributed by atoms with Gasteiger partial charge in [-0.1, -0.05) is 163 Å². The van der Waals surface area contributed by atoms with Gasteiger partial charge in [0.2, 0.25) is 5.67 Å². The summed E-state index contributed by atoms with van der Waals surface area (Å²) in [4.78, 5) is 12.3. The Morgan fingerprint density at radius 2 is 0.868 bits per heavy atom. The fourth-order valence-corrected chi connectivity index (χ4v) is 16.3. The van der Waals surface area contributed by atoms with Crippen LogP contribution >= 0.6 is 0 Å². The van der Waals surface area contributed by atoms with Crippen molar-refractivity contribution in [1.82, 2.24) is 0 Å². The van der Waals surface area contributed by atoms with Crippen LogP contribution in [0.4, 0.5) is 8.78 Å². The molecule has 4 aromatic rings. The van der Waals surface area contributed by atoms with Crippen LogP contribution < -0.4 is 20.7 Å². The van der Waals surface area contributed by atoms with Gasteiger partial charge in [0.05, 0.1) is 25.4 Å². The lowest BCUT2D eigenvalue weighted by Gasteiger charge is -2.46. The third-order valence-corrected chi connectivity index (χ3v) is 20.4. The smallest absolute Gasteiger partial charge is 0.346 e. The molecule has 0 aromatic heterocycles. The van der Waals surface area contributed by atoms with E-state index >= 15 is 4.39 Å². The van der Waals surface area contributed by atoms with E-state index in [1.165, 1.54) is 13.8 Å². The third kappa shape index (κ3) is 9.61. The van der Waals surface area contributed by atoms with E-state index in [-0.39, 0.29) is 16.7 Å². The van der Waals surface area contributed by atoms with Crippen LogP contribution in [0.25, 0.3) is 0 Å². The van der Waals surface area contributed by atoms with Crippen LogP contribution in [-0.4, -0.2) is 64.5 Å². The van der Waals surface area contributed by atoms with Crippen LogP contribution in [0.5, 0.6) is 0 Å². The number of benzene rings is 4. The van der Waals surface area contributed by atoms with Gasteiger partial charge >= 0.3 is 5.97 Å². The molecule has 4 atom stereocenters. The fraction of sp³-hybridized carbons (Fsp3) is 0.432. The number of hydrogen-bond donors (Lipinski definition) is 1. The topological polar surface area (TPSA) is 65.0 Å². The van der Waals surface area contributed by atoms with E-state index in [4.69, 9.17) is 13.6 Å². The van der Waals surface area contributed by atoms with Gasteiger partial charge in [-0.3, -0.25) is 0 Å². The predicted octanol–water partition coefficient (Wildman–Crippen LogP) is 7.91. The molecule has 288 valence electrons. The highest BCUT2D eigenvalue weighted by Gasteiger charge is 2.55. The monoisotopic (exact) mass is 762 g/mol. The first kappa shape index (κ1) is 43.9. The Labute approximate surface area is 319 Å². The first-order valence-electron chi connectivity index (χ1n) is 18.5. The molecule has 1 N–H and O–H groups in total. The van der Waals surface area contributed by atoms with Gasteiger partial charge in [0.1, 0.15) is 0 Å². The molecule has 0 aliphatic heterocycles. The summed E-state index contributed by atoms with van der Waals surface area (Å²) in [5.74, 6) is -0.888. The molecule has 5 nitrogen and oxygen atoms in total. The molecule has 0 saturated heterocycles. The van der Waals surface area contributed by atoms with Crippen LogP contribution in [0.2, 0.25) is 10.1 Å². The van der Waals surface area contributed by atoms with Crippen molar-refractivity contribution in [2.24, 2.45) is 0 Å². The number of esters is 1. The molecular formula is C44H60F2O5Si2. The predicted molar refractivity (Wildman–Crippen MR) is 219 cm³/mol. The second-order valence-electron chi connectivity index (χ2n) is 16.1. The molecule has 9 heteroatoms. The molecule has 53 heavy (non-hydrogen) atoms. The van der Waals surface area contributed by atoms with Crippen molar-refractivity contribution in [3.63, 3.8) is 0 Å². The van der Waals surface area contributed by atoms with Gasteiger partial charge < -0.3 is 18.7 Å². The van der Waals surface area contributed by atoms with E-state index in [0.29, 0.717) is 0 Å². The van der Waals surface area contributed by atoms with Crippen LogP contribution in [0.1, 0.15) is 76.2 Å². The summed E-state index contributed by atoms with van der Waals surface area (Å²) in [6.45, 7) is 20.0. The maximum atomic E-state index is 15.4. The molecule has 4 unspecified atom stereocenters. The van der Waals surface area contributed by atoms with E-state index in [1.807, 2.05) is 97.1 Å². The lowest BCUT2D eigenvalue weighted by molar-refractivity contribution is -0.162. The maximum Gasteiger partial charge on any atom is 0.346 e. The molecular weight excluding hydrogens is 703 g/mol. The van der Waals surface area contributed by atoms with Crippen molar-refractivity contribution in [2.75, 3.05) is 13.2 Å². The maximum absolute atomic E-state index is 15.4. The van der Waals surface area contributed by atoms with Gasteiger partial charge in [0, 0.05) is 0 Å². The molecule has 4 rings (SSSR count). The zero-order valence-electron chi connectivity index (χ0n) is 33.5. The number of hydrogen-bond acceptors (Lipinski definition) is 5. The van der Waals surface area contributed by atoms with Crippen molar-refractivity contribution in [2.45, 2.75) is 110 Å². The van der Waals surface area contributed by atoms with E-state index in [1.54, 1.807) is 20.8 Å². The summed E-state index contributed by atoms with van der Waals surface area (Å²) < 4.78 is 48.5. The Kier molecular flexibility index (Phi) is 14.7. The fourth-order valence-electron chi connectivity index (χ4n) is 6.71. The van der Waals surface area contributed by atoms with Crippen LogP contribution in [0, 0.1) is 0 Å². The van der Waals surface area contributed by atoms with E-state index < -0.39 is 52.8 Å². The lowest BCUT2D eigenvalue weighted by Crippen LogP contribution is -2.69. The SMILES string of the molecule is CC(O[Si](c1ccccc1)(c1ccccc1)C(C)(C)C)C(C)(F)CO.CCOC(=O)C(C)(F)C(C)O[Si](c1ccccc1)(c1ccccc1)C(C)(C)C. The lowest BCUT2D eigenvalue weighted by atomic mass is 10.0. The van der Waals surface area contributed by atoms with Gasteiger partial charge in [-0.05, 0) is 65.4 Å². The summed E-state index contributed by atoms with van der Waals surface area (Å²) in [7, 11) is -5.73. The quantitative estimate of drug-likeness (QED) is 0.111. The molecule has 0 spiro atoms. The first-order valence-corrected chi connectivity index (χ1v) is 22.3. The van der Waals surface area contributed by atoms with Gasteiger partial charge in [-0.15, -0.1) is 0 Å². The summed E-state index contributed by atoms with van der Waals surface area (Å²) >= 11 is 0. The number of alkyl halides is 2. The summed E-state index contributed by atoms with van der Waals surface area (Å²) in [6.07, 6.45) is -1.71. The third-order valence-electron chi connectivity index (χ3n) is 10.1. The Bertz CT molecular complexity index is 1610. The average Bonchev–Trinajstić information content (AvgIpc) is 3.13. The average molecular weight is 763 g/mol. The zero-order valence-corrected chi connectivity index (χ0v) is 35.5. The normalized spacial score (nSPS) is 15.9. The molecule has 0 aliphatic rings. The largest absolute Gasteiger partial charge is 0.464 e. The first-order chi connectivity index (χ1) is 24.7. The van der Waals surface area contributed by atoms with Gasteiger partial charge in [0.15, 0.2) is 5.67 Å². The van der Waals surface area contributed by atoms with Crippen molar-refractivity contribution in [3.8, 4) is 0 Å². The number of aliphatic hydroxyl groups excluding tert-OH is 1. The Morgan fingerprint density at radius 1 is 0.585 bits per heavy atom. The molecule has 0 fully saturated rings. The van der Waals surface area contributed by atoms with Crippen LogP contribution in [-0.2, 0) is 18.4 Å². The minimum Gasteiger partial charge on any atom is -0.464 e. The van der Waals surface area contributed by atoms with E-state index in [2.05, 4.69) is 65.8 Å². The molecule has 0 bridgehead atoms. The Hall–Kier alpha value is -3.48. The van der Waals surface area contributed by atoms with Crippen molar-refractivity contribution < 1.29 is 32.3 Å². The van der Waals surface area contributed by atoms with Crippen LogP contribution in [0.15, 0.2) is 121 Å². The number of carbonyl (C=O) groups is 1. The Balaban J connectivity index is 0.000000287. The van der Waals surface area contributed by atoms with Gasteiger partial charge in [-0.25, -0.2) is 13.6 Å². The molecule has 0 aliphatic carbocycles. The van der Waals surface area contributed by atoms with Crippen LogP contribution in [0.3, 0.4) is 0 Å². The molecule has 0 saturated carbocycles. The van der Waals surface area contributed by atoms with Crippen molar-refractivity contribution >= 4 is 43.4 Å². The number of aliphatic hydroxyl groups is 1. The standard InChI is InChI=1S/C23H31FO3Si.C21H29FO2Si/c1-7-26-21(25)23(6,24)18(2)27-28(22(3,4)5,19-14-10-8-11-15-19)20-16-12-9-13-17-20;1-17(21(5,22)16-23)24-25(20(2,3)4,18-12-8-6-9-13-18)19-14-10-7-11-15-19/h8-18H,7H2,1-6H3;6-15,17,23H,16H2,1-5H3. The summed E-state index contributed by atoms with van der Waals surface area (Å²) in [5.41, 5.74) is -4.05. The van der Waals surface area contributed by atoms with Crippen molar-refractivity contribution in [3.05, 3.63) is 121 Å². The number of rotatable bonds is 13. The second kappa shape index (κ2) is 17.8. The van der Waals surface area contributed by atoms with Gasteiger partial charge in [-0.2, -0.15) is 0 Å². The van der Waals surface area contributed by atoms with Gasteiger partial charge in [0.25, 0.3) is 16.6 Å². The Morgan fingerprint density at radius 3 is 1.11 bits per heavy atom. The second-order valence-corrected chi connectivity index (χ2v) is 24.6.